The standard InChI is InChI=1S/C54H52N4O10/c1-6-28-55-49(60)43-46-51(62)68-47(37-16-11-8-12-17-37)45(36-14-9-7-10-15-36)58(46)48(38-18-13-19-40(32-38)67-30-29-59)54(43)41-31-35(21-20-34-22-25-39(65-4)26-23-34)24-27-42(41)57(52(54)63)53(64)56-44(33(2)3)50(61)66-5/h6-19,22-27,31-33,43-48,59H,1,28-30H2,2-5H3,(H,55,60)(H,56,64). The summed E-state index contributed by atoms with van der Waals surface area (Å²) in [6.07, 6.45) is 0.541. The van der Waals surface area contributed by atoms with Crippen molar-refractivity contribution < 1.29 is 48.0 Å². The molecule has 1 spiro atoms. The normalized spacial score (nSPS) is 22.0. The number of imide groups is 1. The van der Waals surface area contributed by atoms with Crippen molar-refractivity contribution in [3.63, 3.8) is 0 Å². The summed E-state index contributed by atoms with van der Waals surface area (Å²) in [7, 11) is 2.78. The number of hydrogen-bond acceptors (Lipinski definition) is 11. The first-order valence-electron chi connectivity index (χ1n) is 22.3. The summed E-state index contributed by atoms with van der Waals surface area (Å²) in [5.74, 6) is 2.35. The molecule has 0 bridgehead atoms. The topological polar surface area (TPSA) is 173 Å². The highest BCUT2D eigenvalue weighted by Crippen LogP contribution is 2.66. The van der Waals surface area contributed by atoms with Gasteiger partial charge in [0, 0.05) is 17.7 Å². The lowest BCUT2D eigenvalue weighted by atomic mass is 9.65. The number of aliphatic hydroxyl groups excluding tert-OH is 1. The first-order valence-corrected chi connectivity index (χ1v) is 22.3. The number of nitrogens with one attached hydrogen (secondary N) is 2. The van der Waals surface area contributed by atoms with E-state index in [9.17, 15) is 14.7 Å². The van der Waals surface area contributed by atoms with E-state index in [-0.39, 0.29) is 31.0 Å². The van der Waals surface area contributed by atoms with Gasteiger partial charge < -0.3 is 34.7 Å². The van der Waals surface area contributed by atoms with Crippen LogP contribution in [0.15, 0.2) is 140 Å². The molecule has 0 radical (unpaired) electrons. The van der Waals surface area contributed by atoms with E-state index in [4.69, 9.17) is 18.9 Å². The minimum atomic E-state index is -2.10. The van der Waals surface area contributed by atoms with E-state index in [0.29, 0.717) is 33.8 Å². The van der Waals surface area contributed by atoms with E-state index < -0.39 is 77.3 Å². The number of hydrogen-bond donors (Lipinski definition) is 3. The number of cyclic esters (lactones) is 1. The molecular formula is C54H52N4O10. The van der Waals surface area contributed by atoms with Crippen molar-refractivity contribution in [3.05, 3.63) is 173 Å². The molecule has 3 heterocycles. The van der Waals surface area contributed by atoms with Gasteiger partial charge in [0.25, 0.3) is 0 Å². The van der Waals surface area contributed by atoms with Crippen molar-refractivity contribution in [1.29, 1.82) is 0 Å². The molecule has 2 fully saturated rings. The summed E-state index contributed by atoms with van der Waals surface area (Å²) in [5.41, 5.74) is 1.17. The van der Waals surface area contributed by atoms with Gasteiger partial charge in [-0.25, -0.2) is 14.5 Å². The Kier molecular flexibility index (Phi) is 13.8. The molecule has 14 heteroatoms. The maximum atomic E-state index is 16.5. The van der Waals surface area contributed by atoms with Crippen LogP contribution in [-0.4, -0.2) is 85.9 Å². The zero-order chi connectivity index (χ0) is 48.1. The van der Waals surface area contributed by atoms with Crippen molar-refractivity contribution in [1.82, 2.24) is 15.5 Å². The van der Waals surface area contributed by atoms with Gasteiger partial charge >= 0.3 is 18.0 Å². The second kappa shape index (κ2) is 20.0. The first kappa shape index (κ1) is 46.8. The summed E-state index contributed by atoms with van der Waals surface area (Å²) in [6.45, 7) is 6.92. The number of carbonyl (C=O) groups excluding carboxylic acids is 5. The Morgan fingerprint density at radius 2 is 1.49 bits per heavy atom. The van der Waals surface area contributed by atoms with E-state index in [1.165, 1.54) is 13.2 Å². The number of esters is 2. The summed E-state index contributed by atoms with van der Waals surface area (Å²) in [6, 6.07) is 32.1. The van der Waals surface area contributed by atoms with Crippen LogP contribution in [0.3, 0.4) is 0 Å². The molecule has 14 nitrogen and oxygen atoms in total. The van der Waals surface area contributed by atoms with Gasteiger partial charge in [0.2, 0.25) is 11.8 Å². The molecule has 5 aromatic carbocycles. The molecule has 348 valence electrons. The van der Waals surface area contributed by atoms with E-state index in [2.05, 4.69) is 29.1 Å². The minimum Gasteiger partial charge on any atom is -0.497 e. The Balaban J connectivity index is 1.46. The number of fused-ring (bicyclic) bond motifs is 3. The van der Waals surface area contributed by atoms with Crippen LogP contribution in [0.25, 0.3) is 0 Å². The van der Waals surface area contributed by atoms with Gasteiger partial charge in [0.15, 0.2) is 0 Å². The average molecular weight is 917 g/mol. The minimum absolute atomic E-state index is 0.0229. The van der Waals surface area contributed by atoms with Crippen LogP contribution in [0.2, 0.25) is 0 Å². The Hall–Kier alpha value is -7.73. The Bertz CT molecular complexity index is 2770. The highest BCUT2D eigenvalue weighted by atomic mass is 16.6. The number of rotatable bonds is 13. The molecule has 0 aromatic heterocycles. The van der Waals surface area contributed by atoms with Crippen LogP contribution in [0.5, 0.6) is 11.5 Å². The maximum Gasteiger partial charge on any atom is 0.329 e. The van der Waals surface area contributed by atoms with Gasteiger partial charge in [-0.15, -0.1) is 6.58 Å². The van der Waals surface area contributed by atoms with Gasteiger partial charge in [-0.2, -0.15) is 0 Å². The zero-order valence-corrected chi connectivity index (χ0v) is 38.1. The van der Waals surface area contributed by atoms with Crippen molar-refractivity contribution in [2.75, 3.05) is 38.9 Å². The zero-order valence-electron chi connectivity index (χ0n) is 38.1. The van der Waals surface area contributed by atoms with Crippen molar-refractivity contribution >= 4 is 35.5 Å². The number of aliphatic hydroxyl groups is 1. The third-order valence-corrected chi connectivity index (χ3v) is 12.7. The quantitative estimate of drug-likeness (QED) is 0.0684. The van der Waals surface area contributed by atoms with Gasteiger partial charge in [-0.05, 0) is 82.8 Å². The molecule has 4 amide bonds. The largest absolute Gasteiger partial charge is 0.497 e. The fraction of sp³-hybridized carbons (Fsp3) is 0.278. The summed E-state index contributed by atoms with van der Waals surface area (Å²) < 4.78 is 22.9. The van der Waals surface area contributed by atoms with Crippen LogP contribution in [0.1, 0.15) is 65.4 Å². The number of carbonyl (C=O) groups is 5. The number of urea groups is 1. The van der Waals surface area contributed by atoms with E-state index >= 15 is 14.4 Å². The van der Waals surface area contributed by atoms with Crippen LogP contribution >= 0.6 is 0 Å². The molecule has 7 unspecified atom stereocenters. The molecule has 68 heavy (non-hydrogen) atoms. The predicted octanol–water partition coefficient (Wildman–Crippen LogP) is 6.34. The van der Waals surface area contributed by atoms with Gasteiger partial charge in [-0.1, -0.05) is 105 Å². The molecule has 3 aliphatic rings. The lowest BCUT2D eigenvalue weighted by Gasteiger charge is -2.46. The number of ether oxygens (including phenoxy) is 4. The highest BCUT2D eigenvalue weighted by Gasteiger charge is 2.75. The number of nitrogens with zero attached hydrogens (tertiary/aromatic N) is 2. The molecule has 2 saturated heterocycles. The van der Waals surface area contributed by atoms with E-state index in [0.717, 1.165) is 10.5 Å². The highest BCUT2D eigenvalue weighted by molar-refractivity contribution is 6.25. The fourth-order valence-corrected chi connectivity index (χ4v) is 9.85. The summed E-state index contributed by atoms with van der Waals surface area (Å²) in [5, 5.41) is 15.4. The van der Waals surface area contributed by atoms with Crippen molar-refractivity contribution in [3.8, 4) is 23.3 Å². The van der Waals surface area contributed by atoms with E-state index in [1.54, 1.807) is 87.7 Å². The van der Waals surface area contributed by atoms with Crippen LogP contribution < -0.4 is 25.0 Å². The lowest BCUT2D eigenvalue weighted by molar-refractivity contribution is -0.178. The Morgan fingerprint density at radius 3 is 2.13 bits per heavy atom. The van der Waals surface area contributed by atoms with Crippen LogP contribution in [0, 0.1) is 23.7 Å². The molecular weight excluding hydrogens is 865 g/mol. The number of benzene rings is 5. The third kappa shape index (κ3) is 8.46. The summed E-state index contributed by atoms with van der Waals surface area (Å²) >= 11 is 0. The molecule has 7 atom stereocenters. The SMILES string of the molecule is C=CCNC(=O)C1C2C(=O)OC(c3ccccc3)C(c3ccccc3)N2C(c2cccc(OCCO)c2)C12C(=O)N(C(=O)NC(C(=O)OC)C(C)C)c1ccc(C#Cc3ccc(OC)cc3)cc12. The molecule has 0 saturated carbocycles. The van der Waals surface area contributed by atoms with Crippen molar-refractivity contribution in [2.45, 2.75) is 49.5 Å². The summed E-state index contributed by atoms with van der Waals surface area (Å²) in [4.78, 5) is 78.2. The number of methoxy groups -OCH3 is 2. The lowest BCUT2D eigenvalue weighted by Crippen LogP contribution is -2.57. The molecule has 8 rings (SSSR count). The van der Waals surface area contributed by atoms with E-state index in [1.807, 2.05) is 65.6 Å². The first-order chi connectivity index (χ1) is 33.0. The van der Waals surface area contributed by atoms with Crippen molar-refractivity contribution in [2.24, 2.45) is 11.8 Å². The number of anilines is 1. The van der Waals surface area contributed by atoms with Crippen LogP contribution in [0.4, 0.5) is 10.5 Å². The monoisotopic (exact) mass is 916 g/mol. The number of morpholine rings is 1. The van der Waals surface area contributed by atoms with Gasteiger partial charge in [0.1, 0.15) is 41.7 Å². The Morgan fingerprint density at radius 1 is 0.824 bits per heavy atom. The molecule has 3 aliphatic heterocycles. The van der Waals surface area contributed by atoms with Crippen LogP contribution in [-0.2, 0) is 34.1 Å². The molecule has 0 aliphatic carbocycles. The fourth-order valence-electron chi connectivity index (χ4n) is 9.85. The molecule has 5 aromatic rings. The Labute approximate surface area is 394 Å². The number of amides is 4. The van der Waals surface area contributed by atoms with Gasteiger partial charge in [-0.3, -0.25) is 19.3 Å². The maximum absolute atomic E-state index is 16.5. The predicted molar refractivity (Wildman–Crippen MR) is 252 cm³/mol. The average Bonchev–Trinajstić information content (AvgIpc) is 3.82. The smallest absolute Gasteiger partial charge is 0.329 e. The second-order valence-electron chi connectivity index (χ2n) is 17.0. The second-order valence-corrected chi connectivity index (χ2v) is 17.0. The molecule has 3 N–H and O–H groups in total. The van der Waals surface area contributed by atoms with Gasteiger partial charge in [0.05, 0.1) is 44.5 Å². The third-order valence-electron chi connectivity index (χ3n) is 12.7.